The maximum atomic E-state index is 13.0. The monoisotopic (exact) mass is 383 g/mol. The maximum Gasteiger partial charge on any atom is 0.265 e. The Balaban J connectivity index is 2.06. The molecule has 1 aliphatic heterocycles. The zero-order valence-electron chi connectivity index (χ0n) is 15.5. The van der Waals surface area contributed by atoms with Crippen LogP contribution >= 0.6 is 11.6 Å². The number of halogens is 1. The van der Waals surface area contributed by atoms with E-state index in [0.717, 1.165) is 12.8 Å². The summed E-state index contributed by atoms with van der Waals surface area (Å²) in [4.78, 5) is 33.6. The molecule has 2 amide bonds. The summed E-state index contributed by atoms with van der Waals surface area (Å²) in [5.41, 5.74) is 2.17. The molecule has 3 rings (SSSR count). The second-order valence-electron chi connectivity index (χ2n) is 6.37. The quantitative estimate of drug-likeness (QED) is 0.695. The highest BCUT2D eigenvalue weighted by atomic mass is 35.5. The normalized spacial score (nSPS) is 14.6. The van der Waals surface area contributed by atoms with Gasteiger partial charge in [0.25, 0.3) is 5.91 Å². The lowest BCUT2D eigenvalue weighted by molar-refractivity contribution is -0.126. The average molecular weight is 384 g/mol. The van der Waals surface area contributed by atoms with Gasteiger partial charge in [-0.15, -0.1) is 0 Å². The van der Waals surface area contributed by atoms with Crippen molar-refractivity contribution in [3.63, 3.8) is 0 Å². The molecule has 0 unspecified atom stereocenters. The first kappa shape index (κ1) is 19.1. The van der Waals surface area contributed by atoms with Gasteiger partial charge in [-0.3, -0.25) is 19.5 Å². The third-order valence-corrected chi connectivity index (χ3v) is 4.62. The van der Waals surface area contributed by atoms with Crippen molar-refractivity contribution >= 4 is 34.8 Å². The van der Waals surface area contributed by atoms with Crippen molar-refractivity contribution in [2.45, 2.75) is 26.7 Å². The highest BCUT2D eigenvalue weighted by Gasteiger charge is 2.35. The molecule has 0 radical (unpaired) electrons. The van der Waals surface area contributed by atoms with Gasteiger partial charge in [-0.05, 0) is 49.2 Å². The molecule has 0 saturated heterocycles. The van der Waals surface area contributed by atoms with Crippen LogP contribution in [0.2, 0.25) is 5.02 Å². The van der Waals surface area contributed by atoms with Gasteiger partial charge < -0.3 is 4.90 Å². The van der Waals surface area contributed by atoms with Crippen LogP contribution in [0.3, 0.4) is 0 Å². The molecule has 0 spiro atoms. The molecule has 6 heteroatoms. The number of anilines is 1. The molecule has 2 heterocycles. The molecule has 140 valence electrons. The van der Waals surface area contributed by atoms with Crippen LogP contribution in [0.4, 0.5) is 5.69 Å². The summed E-state index contributed by atoms with van der Waals surface area (Å²) in [6.07, 6.45) is 4.91. The van der Waals surface area contributed by atoms with Gasteiger partial charge in [-0.1, -0.05) is 25.4 Å². The fourth-order valence-electron chi connectivity index (χ4n) is 3.18. The van der Waals surface area contributed by atoms with E-state index in [0.29, 0.717) is 40.8 Å². The second-order valence-corrected chi connectivity index (χ2v) is 6.81. The van der Waals surface area contributed by atoms with Gasteiger partial charge in [0.05, 0.1) is 11.3 Å². The van der Waals surface area contributed by atoms with E-state index in [1.807, 2.05) is 13.8 Å². The van der Waals surface area contributed by atoms with Crippen molar-refractivity contribution in [1.29, 1.82) is 0 Å². The number of nitrogens with zero attached hydrogens (tertiary/aromatic N) is 3. The molecular weight excluding hydrogens is 362 g/mol. The van der Waals surface area contributed by atoms with Crippen molar-refractivity contribution < 1.29 is 9.59 Å². The van der Waals surface area contributed by atoms with E-state index in [2.05, 4.69) is 4.98 Å². The molecule has 2 aromatic rings. The Labute approximate surface area is 164 Å². The highest BCUT2D eigenvalue weighted by molar-refractivity contribution is 6.30. The van der Waals surface area contributed by atoms with Crippen LogP contribution in [0.15, 0.2) is 48.7 Å². The Bertz CT molecular complexity index is 871. The maximum absolute atomic E-state index is 13.0. The number of hydrogen-bond acceptors (Lipinski definition) is 3. The lowest BCUT2D eigenvalue weighted by Crippen LogP contribution is -2.32. The third kappa shape index (κ3) is 3.88. The zero-order valence-corrected chi connectivity index (χ0v) is 16.2. The Morgan fingerprint density at radius 2 is 1.81 bits per heavy atom. The molecule has 0 fully saturated rings. The SMILES string of the molecule is CCCN(CCC)C(=O)/C=C1\c2ncccc2C(=O)N1c1ccc(Cl)cc1. The smallest absolute Gasteiger partial charge is 0.265 e. The van der Waals surface area contributed by atoms with Crippen LogP contribution in [-0.2, 0) is 4.79 Å². The van der Waals surface area contributed by atoms with Crippen LogP contribution in [0, 0.1) is 0 Å². The minimum Gasteiger partial charge on any atom is -0.339 e. The number of aromatic nitrogens is 1. The molecule has 5 nitrogen and oxygen atoms in total. The topological polar surface area (TPSA) is 53.5 Å². The predicted octanol–water partition coefficient (Wildman–Crippen LogP) is 4.38. The number of carbonyl (C=O) groups excluding carboxylic acids is 2. The molecule has 0 aliphatic carbocycles. The lowest BCUT2D eigenvalue weighted by atomic mass is 10.2. The summed E-state index contributed by atoms with van der Waals surface area (Å²) in [6, 6.07) is 10.4. The zero-order chi connectivity index (χ0) is 19.4. The first-order valence-electron chi connectivity index (χ1n) is 9.12. The number of fused-ring (bicyclic) bond motifs is 1. The van der Waals surface area contributed by atoms with Gasteiger partial charge in [0.1, 0.15) is 5.69 Å². The number of rotatable bonds is 6. The summed E-state index contributed by atoms with van der Waals surface area (Å²) >= 11 is 5.98. The van der Waals surface area contributed by atoms with E-state index >= 15 is 0 Å². The third-order valence-electron chi connectivity index (χ3n) is 4.37. The molecular formula is C21H22ClN3O2. The van der Waals surface area contributed by atoms with Gasteiger partial charge >= 0.3 is 0 Å². The van der Waals surface area contributed by atoms with Crippen LogP contribution in [0.1, 0.15) is 42.7 Å². The van der Waals surface area contributed by atoms with Gasteiger partial charge in [-0.2, -0.15) is 0 Å². The fourth-order valence-corrected chi connectivity index (χ4v) is 3.30. The first-order valence-corrected chi connectivity index (χ1v) is 9.50. The Hall–Kier alpha value is -2.66. The molecule has 27 heavy (non-hydrogen) atoms. The standard InChI is InChI=1S/C21H22ClN3O2/c1-3-12-24(13-4-2)19(26)14-18-20-17(6-5-11-23-20)21(27)25(18)16-9-7-15(22)8-10-16/h5-11,14H,3-4,12-13H2,1-2H3/b18-14+. The van der Waals surface area contributed by atoms with Crippen molar-refractivity contribution in [3.05, 3.63) is 65.0 Å². The largest absolute Gasteiger partial charge is 0.339 e. The minimum atomic E-state index is -0.197. The number of benzene rings is 1. The predicted molar refractivity (Wildman–Crippen MR) is 108 cm³/mol. The van der Waals surface area contributed by atoms with Crippen LogP contribution in [-0.4, -0.2) is 34.8 Å². The van der Waals surface area contributed by atoms with Crippen LogP contribution in [0.25, 0.3) is 5.70 Å². The minimum absolute atomic E-state index is 0.112. The summed E-state index contributed by atoms with van der Waals surface area (Å²) in [7, 11) is 0. The summed E-state index contributed by atoms with van der Waals surface area (Å²) in [5, 5.41) is 0.583. The van der Waals surface area contributed by atoms with Crippen molar-refractivity contribution in [2.24, 2.45) is 0 Å². The fraction of sp³-hybridized carbons (Fsp3) is 0.286. The summed E-state index contributed by atoms with van der Waals surface area (Å²) in [6.45, 7) is 5.44. The number of hydrogen-bond donors (Lipinski definition) is 0. The van der Waals surface area contributed by atoms with E-state index in [4.69, 9.17) is 11.6 Å². The van der Waals surface area contributed by atoms with Crippen molar-refractivity contribution in [3.8, 4) is 0 Å². The number of pyridine rings is 1. The summed E-state index contributed by atoms with van der Waals surface area (Å²) in [5.74, 6) is -0.309. The Kier molecular flexibility index (Phi) is 5.91. The second kappa shape index (κ2) is 8.35. The van der Waals surface area contributed by atoms with E-state index < -0.39 is 0 Å². The molecule has 1 aromatic carbocycles. The van der Waals surface area contributed by atoms with Gasteiger partial charge in [-0.25, -0.2) is 0 Å². The van der Waals surface area contributed by atoms with Crippen LogP contribution < -0.4 is 4.90 Å². The number of carbonyl (C=O) groups is 2. The average Bonchev–Trinajstić information content (AvgIpc) is 2.95. The van der Waals surface area contributed by atoms with Crippen molar-refractivity contribution in [1.82, 2.24) is 9.88 Å². The summed E-state index contributed by atoms with van der Waals surface area (Å²) < 4.78 is 0. The molecule has 0 atom stereocenters. The molecule has 0 bridgehead atoms. The lowest BCUT2D eigenvalue weighted by Gasteiger charge is -2.22. The number of amides is 2. The van der Waals surface area contributed by atoms with E-state index in [9.17, 15) is 9.59 Å². The van der Waals surface area contributed by atoms with Crippen LogP contribution in [0.5, 0.6) is 0 Å². The van der Waals surface area contributed by atoms with E-state index in [-0.39, 0.29) is 11.8 Å². The van der Waals surface area contributed by atoms with E-state index in [1.54, 1.807) is 47.5 Å². The van der Waals surface area contributed by atoms with Gasteiger partial charge in [0.15, 0.2) is 0 Å². The molecule has 1 aromatic heterocycles. The van der Waals surface area contributed by atoms with Gasteiger partial charge in [0.2, 0.25) is 5.91 Å². The highest BCUT2D eigenvalue weighted by Crippen LogP contribution is 2.36. The van der Waals surface area contributed by atoms with E-state index in [1.165, 1.54) is 11.0 Å². The van der Waals surface area contributed by atoms with Gasteiger partial charge in [0, 0.05) is 36.1 Å². The Morgan fingerprint density at radius 3 is 2.44 bits per heavy atom. The molecule has 1 aliphatic rings. The first-order chi connectivity index (χ1) is 13.1. The van der Waals surface area contributed by atoms with Crippen molar-refractivity contribution in [2.75, 3.05) is 18.0 Å². The molecule has 0 N–H and O–H groups in total. The molecule has 0 saturated carbocycles. The Morgan fingerprint density at radius 1 is 1.15 bits per heavy atom.